The van der Waals surface area contributed by atoms with Crippen LogP contribution in [0.15, 0.2) is 0 Å². The lowest BCUT2D eigenvalue weighted by atomic mass is 10.1. The van der Waals surface area contributed by atoms with Crippen molar-refractivity contribution in [3.05, 3.63) is 5.82 Å². The molecule has 6 heteroatoms. The largest absolute Gasteiger partial charge is 0.396 e. The number of aliphatic hydroxyl groups excluding tert-OH is 1. The Morgan fingerprint density at radius 1 is 1.29 bits per heavy atom. The van der Waals surface area contributed by atoms with Crippen molar-refractivity contribution in [3.63, 3.8) is 0 Å². The van der Waals surface area contributed by atoms with Gasteiger partial charge in [0.2, 0.25) is 11.9 Å². The van der Waals surface area contributed by atoms with E-state index in [1.54, 1.807) is 0 Å². The molecule has 96 valence electrons. The molecule has 0 aliphatic heterocycles. The van der Waals surface area contributed by atoms with Gasteiger partial charge in [0, 0.05) is 18.6 Å². The summed E-state index contributed by atoms with van der Waals surface area (Å²) in [6.07, 6.45) is 1.56. The minimum atomic E-state index is 0.142. The average Bonchev–Trinajstić information content (AvgIpc) is 2.27. The molecule has 0 aliphatic rings. The molecule has 0 bridgehead atoms. The highest BCUT2D eigenvalue weighted by atomic mass is 16.3. The number of hydrogen-bond acceptors (Lipinski definition) is 6. The number of nitrogens with zero attached hydrogens (tertiary/aromatic N) is 3. The summed E-state index contributed by atoms with van der Waals surface area (Å²) in [5.74, 6) is 1.60. The van der Waals surface area contributed by atoms with Gasteiger partial charge in [-0.1, -0.05) is 20.8 Å². The second-order valence-corrected chi connectivity index (χ2v) is 4.29. The van der Waals surface area contributed by atoms with Crippen LogP contribution in [0.25, 0.3) is 0 Å². The Balaban J connectivity index is 2.82. The number of nitrogens with one attached hydrogen (secondary N) is 1. The van der Waals surface area contributed by atoms with Gasteiger partial charge in [0.25, 0.3) is 0 Å². The molecule has 4 N–H and O–H groups in total. The molecule has 0 aromatic carbocycles. The first-order valence-electron chi connectivity index (χ1n) is 5.95. The van der Waals surface area contributed by atoms with Gasteiger partial charge in [0.1, 0.15) is 5.82 Å². The van der Waals surface area contributed by atoms with Gasteiger partial charge < -0.3 is 16.2 Å². The molecule has 1 unspecified atom stereocenters. The fourth-order valence-corrected chi connectivity index (χ4v) is 1.45. The summed E-state index contributed by atoms with van der Waals surface area (Å²) in [5, 5.41) is 12.1. The third kappa shape index (κ3) is 4.14. The number of nitrogens with two attached hydrogens (primary N) is 1. The van der Waals surface area contributed by atoms with E-state index < -0.39 is 0 Å². The summed E-state index contributed by atoms with van der Waals surface area (Å²) >= 11 is 0. The first-order chi connectivity index (χ1) is 8.06. The van der Waals surface area contributed by atoms with E-state index in [0.29, 0.717) is 18.2 Å². The zero-order valence-corrected chi connectivity index (χ0v) is 10.6. The van der Waals surface area contributed by atoms with E-state index in [2.05, 4.69) is 20.3 Å². The van der Waals surface area contributed by atoms with Crippen molar-refractivity contribution in [2.24, 2.45) is 0 Å². The number of nitrogen functional groups attached to an aromatic ring is 1. The predicted octanol–water partition coefficient (Wildman–Crippen LogP) is 1.15. The highest BCUT2D eigenvalue weighted by Gasteiger charge is 2.11. The lowest BCUT2D eigenvalue weighted by Crippen LogP contribution is -2.22. The molecule has 0 amide bonds. The Labute approximate surface area is 102 Å². The van der Waals surface area contributed by atoms with Crippen LogP contribution < -0.4 is 11.1 Å². The van der Waals surface area contributed by atoms with Crippen LogP contribution in [0.1, 0.15) is 45.4 Å². The third-order valence-electron chi connectivity index (χ3n) is 2.49. The monoisotopic (exact) mass is 239 g/mol. The van der Waals surface area contributed by atoms with E-state index in [0.717, 1.165) is 6.42 Å². The zero-order valence-electron chi connectivity index (χ0n) is 10.6. The van der Waals surface area contributed by atoms with Crippen molar-refractivity contribution >= 4 is 11.9 Å². The second kappa shape index (κ2) is 6.34. The maximum absolute atomic E-state index is 8.93. The molecule has 1 aromatic rings. The van der Waals surface area contributed by atoms with Gasteiger partial charge in [0.15, 0.2) is 0 Å². The third-order valence-corrected chi connectivity index (χ3v) is 2.49. The van der Waals surface area contributed by atoms with Crippen LogP contribution >= 0.6 is 0 Å². The summed E-state index contributed by atoms with van der Waals surface area (Å²) in [6, 6.07) is 0.154. The fourth-order valence-electron chi connectivity index (χ4n) is 1.45. The molecule has 1 aromatic heterocycles. The van der Waals surface area contributed by atoms with E-state index >= 15 is 0 Å². The predicted molar refractivity (Wildman–Crippen MR) is 67.7 cm³/mol. The molecule has 0 fully saturated rings. The van der Waals surface area contributed by atoms with Gasteiger partial charge in [-0.05, 0) is 12.8 Å². The number of hydrogen-bond donors (Lipinski definition) is 3. The van der Waals surface area contributed by atoms with Crippen LogP contribution in [0.3, 0.4) is 0 Å². The molecular weight excluding hydrogens is 218 g/mol. The normalized spacial score (nSPS) is 12.8. The first-order valence-corrected chi connectivity index (χ1v) is 5.95. The number of aromatic nitrogens is 3. The fraction of sp³-hybridized carbons (Fsp3) is 0.727. The number of rotatable bonds is 6. The highest BCUT2D eigenvalue weighted by molar-refractivity contribution is 5.32. The smallest absolute Gasteiger partial charge is 0.227 e. The van der Waals surface area contributed by atoms with Crippen molar-refractivity contribution in [2.45, 2.75) is 45.6 Å². The molecule has 0 aliphatic carbocycles. The van der Waals surface area contributed by atoms with Crippen LogP contribution in [-0.4, -0.2) is 32.7 Å². The lowest BCUT2D eigenvalue weighted by molar-refractivity contribution is 0.278. The first kappa shape index (κ1) is 13.6. The molecule has 1 heterocycles. The topological polar surface area (TPSA) is 97.0 Å². The van der Waals surface area contributed by atoms with E-state index in [-0.39, 0.29) is 24.5 Å². The minimum absolute atomic E-state index is 0.142. The average molecular weight is 239 g/mol. The Morgan fingerprint density at radius 3 is 2.53 bits per heavy atom. The summed E-state index contributed by atoms with van der Waals surface area (Å²) in [7, 11) is 0. The minimum Gasteiger partial charge on any atom is -0.396 e. The van der Waals surface area contributed by atoms with Crippen molar-refractivity contribution < 1.29 is 5.11 Å². The summed E-state index contributed by atoms with van der Waals surface area (Å²) < 4.78 is 0. The molecule has 0 saturated heterocycles. The van der Waals surface area contributed by atoms with Crippen molar-refractivity contribution in [2.75, 3.05) is 17.7 Å². The van der Waals surface area contributed by atoms with Gasteiger partial charge in [0.05, 0.1) is 0 Å². The van der Waals surface area contributed by atoms with Crippen LogP contribution in [0.2, 0.25) is 0 Å². The van der Waals surface area contributed by atoms with Crippen molar-refractivity contribution in [1.29, 1.82) is 0 Å². The number of aliphatic hydroxyl groups is 1. The van der Waals surface area contributed by atoms with Gasteiger partial charge in [-0.15, -0.1) is 0 Å². The van der Waals surface area contributed by atoms with Crippen LogP contribution in [-0.2, 0) is 0 Å². The summed E-state index contributed by atoms with van der Waals surface area (Å²) in [4.78, 5) is 12.4. The molecule has 0 radical (unpaired) electrons. The molecule has 17 heavy (non-hydrogen) atoms. The summed E-state index contributed by atoms with van der Waals surface area (Å²) in [5.41, 5.74) is 5.64. The van der Waals surface area contributed by atoms with Crippen molar-refractivity contribution in [3.8, 4) is 0 Å². The van der Waals surface area contributed by atoms with Crippen LogP contribution in [0.5, 0.6) is 0 Å². The Hall–Kier alpha value is -1.43. The van der Waals surface area contributed by atoms with Gasteiger partial charge in [-0.3, -0.25) is 0 Å². The Morgan fingerprint density at radius 2 is 2.00 bits per heavy atom. The highest BCUT2D eigenvalue weighted by Crippen LogP contribution is 2.13. The molecule has 1 rings (SSSR count). The Bertz CT molecular complexity index is 356. The van der Waals surface area contributed by atoms with Crippen LogP contribution in [0, 0.1) is 0 Å². The maximum atomic E-state index is 8.93. The van der Waals surface area contributed by atoms with Crippen LogP contribution in [0.4, 0.5) is 11.9 Å². The van der Waals surface area contributed by atoms with Gasteiger partial charge >= 0.3 is 0 Å². The molecule has 6 nitrogen and oxygen atoms in total. The van der Waals surface area contributed by atoms with Crippen molar-refractivity contribution in [1.82, 2.24) is 15.0 Å². The zero-order chi connectivity index (χ0) is 12.8. The number of anilines is 2. The maximum Gasteiger partial charge on any atom is 0.227 e. The van der Waals surface area contributed by atoms with E-state index in [4.69, 9.17) is 10.8 Å². The van der Waals surface area contributed by atoms with E-state index in [9.17, 15) is 0 Å². The quantitative estimate of drug-likeness (QED) is 0.689. The molecule has 0 spiro atoms. The Kier molecular flexibility index (Phi) is 5.09. The lowest BCUT2D eigenvalue weighted by Gasteiger charge is -2.16. The standard InChI is InChI=1S/C11H21N5O/c1-4-8(5-6-17)13-11-15-9(7(2)3)14-10(12)16-11/h7-8,17H,4-6H2,1-3H3,(H3,12,13,14,15,16). The van der Waals surface area contributed by atoms with E-state index in [1.165, 1.54) is 0 Å². The molecule has 1 atom stereocenters. The molecular formula is C11H21N5O. The second-order valence-electron chi connectivity index (χ2n) is 4.29. The molecule has 0 saturated carbocycles. The van der Waals surface area contributed by atoms with Gasteiger partial charge in [-0.2, -0.15) is 15.0 Å². The van der Waals surface area contributed by atoms with Gasteiger partial charge in [-0.25, -0.2) is 0 Å². The SMILES string of the molecule is CCC(CCO)Nc1nc(N)nc(C(C)C)n1. The summed E-state index contributed by atoms with van der Waals surface area (Å²) in [6.45, 7) is 6.19. The van der Waals surface area contributed by atoms with E-state index in [1.807, 2.05) is 20.8 Å².